The molecule has 4 nitrogen and oxygen atoms in total. The zero-order valence-electron chi connectivity index (χ0n) is 12.2. The lowest BCUT2D eigenvalue weighted by Gasteiger charge is -2.15. The maximum absolute atomic E-state index is 4.42. The molecular weight excluding hydrogens is 248 g/mol. The highest BCUT2D eigenvalue weighted by atomic mass is 15.2. The van der Waals surface area contributed by atoms with E-state index in [1.54, 1.807) is 0 Å². The van der Waals surface area contributed by atoms with E-state index in [-0.39, 0.29) is 0 Å². The third kappa shape index (κ3) is 3.51. The molecule has 0 spiro atoms. The molecular formula is C16H24N4. The fourth-order valence-electron chi connectivity index (χ4n) is 2.88. The van der Waals surface area contributed by atoms with Crippen molar-refractivity contribution < 1.29 is 0 Å². The fourth-order valence-corrected chi connectivity index (χ4v) is 2.88. The van der Waals surface area contributed by atoms with Crippen LogP contribution in [0.5, 0.6) is 0 Å². The highest BCUT2D eigenvalue weighted by Gasteiger charge is 2.13. The van der Waals surface area contributed by atoms with Crippen molar-refractivity contribution in [1.29, 1.82) is 0 Å². The van der Waals surface area contributed by atoms with E-state index in [0.717, 1.165) is 25.6 Å². The number of nitrogens with one attached hydrogen (secondary N) is 2. The molecule has 2 aliphatic rings. The van der Waals surface area contributed by atoms with Crippen molar-refractivity contribution in [3.05, 3.63) is 35.4 Å². The van der Waals surface area contributed by atoms with Crippen molar-refractivity contribution in [2.75, 3.05) is 19.6 Å². The molecule has 4 heteroatoms. The Morgan fingerprint density at radius 2 is 2.10 bits per heavy atom. The lowest BCUT2D eigenvalue weighted by Crippen LogP contribution is -2.37. The maximum Gasteiger partial charge on any atom is 0.191 e. The minimum atomic E-state index is 0.457. The van der Waals surface area contributed by atoms with Gasteiger partial charge in [-0.2, -0.15) is 0 Å². The lowest BCUT2D eigenvalue weighted by atomic mass is 10.1. The minimum absolute atomic E-state index is 0.457. The summed E-state index contributed by atoms with van der Waals surface area (Å²) in [6, 6.07) is 9.34. The molecule has 2 N–H and O–H groups in total. The van der Waals surface area contributed by atoms with E-state index in [0.29, 0.717) is 6.04 Å². The quantitative estimate of drug-likeness (QED) is 0.877. The Hall–Kier alpha value is -1.55. The van der Waals surface area contributed by atoms with Gasteiger partial charge < -0.3 is 10.6 Å². The normalized spacial score (nSPS) is 22.6. The van der Waals surface area contributed by atoms with Crippen molar-refractivity contribution in [1.82, 2.24) is 15.5 Å². The zero-order chi connectivity index (χ0) is 13.8. The van der Waals surface area contributed by atoms with E-state index in [1.807, 2.05) is 0 Å². The summed E-state index contributed by atoms with van der Waals surface area (Å²) in [5.41, 5.74) is 2.74. The Bertz CT molecular complexity index is 477. The molecule has 0 amide bonds. The van der Waals surface area contributed by atoms with Crippen LogP contribution in [0.1, 0.15) is 30.9 Å². The predicted molar refractivity (Wildman–Crippen MR) is 82.7 cm³/mol. The summed E-state index contributed by atoms with van der Waals surface area (Å²) in [7, 11) is 0. The fraction of sp³-hybridized carbons (Fsp3) is 0.562. The van der Waals surface area contributed by atoms with Crippen LogP contribution in [0.2, 0.25) is 0 Å². The number of nitrogens with zero attached hydrogens (tertiary/aromatic N) is 2. The first-order valence-electron chi connectivity index (χ1n) is 7.64. The molecule has 1 aromatic rings. The summed E-state index contributed by atoms with van der Waals surface area (Å²) in [6.45, 7) is 7.45. The monoisotopic (exact) mass is 272 g/mol. The van der Waals surface area contributed by atoms with Crippen molar-refractivity contribution in [2.45, 2.75) is 38.9 Å². The molecule has 108 valence electrons. The first kappa shape index (κ1) is 13.4. The van der Waals surface area contributed by atoms with Gasteiger partial charge in [0.25, 0.3) is 0 Å². The standard InChI is InChI=1S/C16H24N4/c1-13-10-17-16(19-13)18-11-14-5-4-6-15(9-14)12-20-7-2-3-8-20/h4-6,9,13H,2-3,7-8,10-12H2,1H3,(H2,17,18,19). The average Bonchev–Trinajstić information content (AvgIpc) is 3.09. The van der Waals surface area contributed by atoms with Gasteiger partial charge in [-0.3, -0.25) is 9.89 Å². The molecule has 20 heavy (non-hydrogen) atoms. The topological polar surface area (TPSA) is 39.7 Å². The molecule has 1 saturated heterocycles. The van der Waals surface area contributed by atoms with E-state index in [9.17, 15) is 0 Å². The van der Waals surface area contributed by atoms with Gasteiger partial charge in [0, 0.05) is 19.1 Å². The van der Waals surface area contributed by atoms with Crippen LogP contribution in [0.15, 0.2) is 29.3 Å². The maximum atomic E-state index is 4.42. The van der Waals surface area contributed by atoms with Gasteiger partial charge in [0.05, 0.1) is 6.54 Å². The smallest absolute Gasteiger partial charge is 0.191 e. The summed E-state index contributed by atoms with van der Waals surface area (Å²) >= 11 is 0. The summed E-state index contributed by atoms with van der Waals surface area (Å²) in [6.07, 6.45) is 2.70. The Kier molecular flexibility index (Phi) is 4.21. The Morgan fingerprint density at radius 1 is 1.30 bits per heavy atom. The number of benzene rings is 1. The van der Waals surface area contributed by atoms with Crippen LogP contribution in [0.25, 0.3) is 0 Å². The highest BCUT2D eigenvalue weighted by Crippen LogP contribution is 2.13. The summed E-state index contributed by atoms with van der Waals surface area (Å²) < 4.78 is 0. The number of rotatable bonds is 4. The van der Waals surface area contributed by atoms with Gasteiger partial charge in [-0.15, -0.1) is 0 Å². The summed E-state index contributed by atoms with van der Waals surface area (Å²) in [5, 5.41) is 6.70. The van der Waals surface area contributed by atoms with Crippen molar-refractivity contribution in [3.8, 4) is 0 Å². The molecule has 1 unspecified atom stereocenters. The molecule has 1 atom stereocenters. The highest BCUT2D eigenvalue weighted by molar-refractivity contribution is 5.81. The summed E-state index contributed by atoms with van der Waals surface area (Å²) in [4.78, 5) is 6.96. The minimum Gasteiger partial charge on any atom is -0.352 e. The van der Waals surface area contributed by atoms with Crippen LogP contribution in [-0.2, 0) is 13.1 Å². The second-order valence-electron chi connectivity index (χ2n) is 5.89. The van der Waals surface area contributed by atoms with Crippen molar-refractivity contribution in [2.24, 2.45) is 4.99 Å². The molecule has 1 fully saturated rings. The van der Waals surface area contributed by atoms with Gasteiger partial charge in [0.2, 0.25) is 0 Å². The predicted octanol–water partition coefficient (Wildman–Crippen LogP) is 1.72. The van der Waals surface area contributed by atoms with Gasteiger partial charge in [-0.1, -0.05) is 24.3 Å². The van der Waals surface area contributed by atoms with Crippen LogP contribution in [0, 0.1) is 0 Å². The van der Waals surface area contributed by atoms with E-state index < -0.39 is 0 Å². The molecule has 0 saturated carbocycles. The van der Waals surface area contributed by atoms with E-state index >= 15 is 0 Å². The Morgan fingerprint density at radius 3 is 2.85 bits per heavy atom. The molecule has 2 aliphatic heterocycles. The number of hydrogen-bond donors (Lipinski definition) is 2. The largest absolute Gasteiger partial charge is 0.352 e. The SMILES string of the molecule is CC1CN=C(NCc2cccc(CN3CCCC3)c2)N1. The lowest BCUT2D eigenvalue weighted by molar-refractivity contribution is 0.331. The molecule has 2 heterocycles. The van der Waals surface area contributed by atoms with Crippen molar-refractivity contribution >= 4 is 5.96 Å². The number of likely N-dealkylation sites (tertiary alicyclic amines) is 1. The molecule has 3 rings (SSSR count). The second-order valence-corrected chi connectivity index (χ2v) is 5.89. The van der Waals surface area contributed by atoms with Crippen LogP contribution in [-0.4, -0.2) is 36.5 Å². The number of hydrogen-bond acceptors (Lipinski definition) is 4. The van der Waals surface area contributed by atoms with Gasteiger partial charge in [0.1, 0.15) is 0 Å². The van der Waals surface area contributed by atoms with Crippen LogP contribution in [0.4, 0.5) is 0 Å². The Balaban J connectivity index is 1.54. The summed E-state index contributed by atoms with van der Waals surface area (Å²) in [5.74, 6) is 0.933. The van der Waals surface area contributed by atoms with Crippen LogP contribution in [0.3, 0.4) is 0 Å². The van der Waals surface area contributed by atoms with E-state index in [2.05, 4.69) is 51.7 Å². The molecule has 1 aromatic carbocycles. The van der Waals surface area contributed by atoms with E-state index in [1.165, 1.54) is 37.1 Å². The molecule has 0 aliphatic carbocycles. The molecule has 0 aromatic heterocycles. The third-order valence-electron chi connectivity index (χ3n) is 3.96. The number of aliphatic imine (C=N–C) groups is 1. The second kappa shape index (κ2) is 6.27. The Labute approximate surface area is 121 Å². The first-order valence-corrected chi connectivity index (χ1v) is 7.64. The van der Waals surface area contributed by atoms with Gasteiger partial charge in [0.15, 0.2) is 5.96 Å². The molecule has 0 bridgehead atoms. The number of guanidine groups is 1. The van der Waals surface area contributed by atoms with Gasteiger partial charge in [-0.05, 0) is 44.0 Å². The van der Waals surface area contributed by atoms with Gasteiger partial charge >= 0.3 is 0 Å². The zero-order valence-corrected chi connectivity index (χ0v) is 12.2. The van der Waals surface area contributed by atoms with Crippen LogP contribution < -0.4 is 10.6 Å². The van der Waals surface area contributed by atoms with E-state index in [4.69, 9.17) is 0 Å². The third-order valence-corrected chi connectivity index (χ3v) is 3.96. The average molecular weight is 272 g/mol. The van der Waals surface area contributed by atoms with Crippen molar-refractivity contribution in [3.63, 3.8) is 0 Å². The van der Waals surface area contributed by atoms with Crippen LogP contribution >= 0.6 is 0 Å². The van der Waals surface area contributed by atoms with Gasteiger partial charge in [-0.25, -0.2) is 0 Å². The molecule has 0 radical (unpaired) electrons. The first-order chi connectivity index (χ1) is 9.79.